The fourth-order valence-electron chi connectivity index (χ4n) is 3.39. The van der Waals surface area contributed by atoms with Crippen molar-refractivity contribution in [3.63, 3.8) is 0 Å². The van der Waals surface area contributed by atoms with Crippen molar-refractivity contribution in [2.45, 2.75) is 13.3 Å². The molecular formula is C24H22N4O. The normalized spacial score (nSPS) is 10.8. The molecule has 0 saturated heterocycles. The van der Waals surface area contributed by atoms with Crippen molar-refractivity contribution in [1.82, 2.24) is 15.0 Å². The fraction of sp³-hybridized carbons (Fsp3) is 0.125. The van der Waals surface area contributed by atoms with E-state index in [9.17, 15) is 4.79 Å². The third-order valence-electron chi connectivity index (χ3n) is 5.12. The number of benzene rings is 1. The number of aromatic amines is 1. The molecule has 0 aliphatic carbocycles. The standard InChI is InChI=1S/C24H22N4O/c1-4-16-9-19(13-25-12-16)22-15-27-24-21(22)11-18(14-26-24)17-7-6-8-20(10-17)28(3)23(29)5-2/h5-15H,2,4H2,1,3H3,(H,26,27). The Morgan fingerprint density at radius 2 is 2.00 bits per heavy atom. The Morgan fingerprint density at radius 3 is 2.79 bits per heavy atom. The number of hydrogen-bond acceptors (Lipinski definition) is 3. The average Bonchev–Trinajstić information content (AvgIpc) is 3.21. The van der Waals surface area contributed by atoms with Crippen LogP contribution in [0.25, 0.3) is 33.3 Å². The Hall–Kier alpha value is -3.73. The predicted molar refractivity (Wildman–Crippen MR) is 118 cm³/mol. The molecule has 3 heterocycles. The van der Waals surface area contributed by atoms with Crippen molar-refractivity contribution in [1.29, 1.82) is 0 Å². The van der Waals surface area contributed by atoms with Crippen LogP contribution in [0.3, 0.4) is 0 Å². The van der Waals surface area contributed by atoms with Crippen molar-refractivity contribution < 1.29 is 4.79 Å². The summed E-state index contributed by atoms with van der Waals surface area (Å²) in [6, 6.07) is 12.1. The van der Waals surface area contributed by atoms with Crippen LogP contribution < -0.4 is 4.90 Å². The van der Waals surface area contributed by atoms with Gasteiger partial charge in [-0.05, 0) is 47.9 Å². The molecule has 0 aliphatic rings. The minimum atomic E-state index is -0.146. The Labute approximate surface area is 169 Å². The number of carbonyl (C=O) groups is 1. The first-order valence-corrected chi connectivity index (χ1v) is 9.52. The molecule has 1 N–H and O–H groups in total. The van der Waals surface area contributed by atoms with Crippen LogP contribution in [0.5, 0.6) is 0 Å². The zero-order chi connectivity index (χ0) is 20.4. The van der Waals surface area contributed by atoms with Gasteiger partial charge in [-0.1, -0.05) is 25.6 Å². The van der Waals surface area contributed by atoms with E-state index in [1.165, 1.54) is 11.6 Å². The van der Waals surface area contributed by atoms with Gasteiger partial charge in [-0.2, -0.15) is 0 Å². The number of aryl methyl sites for hydroxylation is 1. The molecule has 0 bridgehead atoms. The van der Waals surface area contributed by atoms with Crippen LogP contribution in [0.1, 0.15) is 12.5 Å². The quantitative estimate of drug-likeness (QED) is 0.494. The number of carbonyl (C=O) groups excluding carboxylic acids is 1. The van der Waals surface area contributed by atoms with E-state index in [0.717, 1.165) is 45.4 Å². The van der Waals surface area contributed by atoms with Crippen LogP contribution in [0, 0.1) is 0 Å². The van der Waals surface area contributed by atoms with Gasteiger partial charge in [-0.3, -0.25) is 9.78 Å². The largest absolute Gasteiger partial charge is 0.346 e. The van der Waals surface area contributed by atoms with E-state index < -0.39 is 0 Å². The third kappa shape index (κ3) is 3.55. The zero-order valence-electron chi connectivity index (χ0n) is 16.5. The minimum Gasteiger partial charge on any atom is -0.346 e. The lowest BCUT2D eigenvalue weighted by Crippen LogP contribution is -2.23. The van der Waals surface area contributed by atoms with Gasteiger partial charge in [0, 0.05) is 59.6 Å². The van der Waals surface area contributed by atoms with E-state index >= 15 is 0 Å². The lowest BCUT2D eigenvalue weighted by atomic mass is 10.0. The van der Waals surface area contributed by atoms with E-state index in [1.54, 1.807) is 11.9 Å². The molecule has 0 atom stereocenters. The molecule has 0 spiro atoms. The van der Waals surface area contributed by atoms with Gasteiger partial charge in [0.15, 0.2) is 0 Å². The summed E-state index contributed by atoms with van der Waals surface area (Å²) in [7, 11) is 1.74. The van der Waals surface area contributed by atoms with E-state index in [-0.39, 0.29) is 5.91 Å². The van der Waals surface area contributed by atoms with Crippen LogP contribution >= 0.6 is 0 Å². The summed E-state index contributed by atoms with van der Waals surface area (Å²) in [5, 5.41) is 1.04. The highest BCUT2D eigenvalue weighted by atomic mass is 16.2. The number of amides is 1. The Balaban J connectivity index is 1.78. The second kappa shape index (κ2) is 7.72. The first-order valence-electron chi connectivity index (χ1n) is 9.52. The SMILES string of the molecule is C=CC(=O)N(C)c1cccc(-c2cnc3[nH]cc(-c4cncc(CC)c4)c3c2)c1. The predicted octanol–water partition coefficient (Wildman–Crippen LogP) is 5.00. The van der Waals surface area contributed by atoms with E-state index in [0.29, 0.717) is 0 Å². The summed E-state index contributed by atoms with van der Waals surface area (Å²) in [6.07, 6.45) is 9.85. The van der Waals surface area contributed by atoms with E-state index in [4.69, 9.17) is 0 Å². The fourth-order valence-corrected chi connectivity index (χ4v) is 3.39. The van der Waals surface area contributed by atoms with Gasteiger partial charge in [0.2, 0.25) is 5.91 Å². The number of H-pyrrole nitrogens is 1. The first-order chi connectivity index (χ1) is 14.1. The molecule has 5 nitrogen and oxygen atoms in total. The molecule has 1 aromatic carbocycles. The summed E-state index contributed by atoms with van der Waals surface area (Å²) in [5.74, 6) is -0.146. The smallest absolute Gasteiger partial charge is 0.250 e. The average molecular weight is 382 g/mol. The molecule has 5 heteroatoms. The molecule has 3 aromatic heterocycles. The third-order valence-corrected chi connectivity index (χ3v) is 5.12. The van der Waals surface area contributed by atoms with Gasteiger partial charge >= 0.3 is 0 Å². The number of nitrogens with one attached hydrogen (secondary N) is 1. The molecule has 0 radical (unpaired) electrons. The number of anilines is 1. The Bertz CT molecular complexity index is 1210. The maximum absolute atomic E-state index is 11.9. The number of fused-ring (bicyclic) bond motifs is 1. The maximum Gasteiger partial charge on any atom is 0.250 e. The highest BCUT2D eigenvalue weighted by Crippen LogP contribution is 2.32. The van der Waals surface area contributed by atoms with Gasteiger partial charge in [-0.15, -0.1) is 0 Å². The van der Waals surface area contributed by atoms with Crippen molar-refractivity contribution in [2.24, 2.45) is 0 Å². The number of rotatable bonds is 5. The summed E-state index contributed by atoms with van der Waals surface area (Å²) in [6.45, 7) is 5.68. The van der Waals surface area contributed by atoms with Gasteiger partial charge in [-0.25, -0.2) is 4.98 Å². The van der Waals surface area contributed by atoms with Gasteiger partial charge < -0.3 is 9.88 Å². The van der Waals surface area contributed by atoms with E-state index in [2.05, 4.69) is 40.6 Å². The highest BCUT2D eigenvalue weighted by Gasteiger charge is 2.12. The summed E-state index contributed by atoms with van der Waals surface area (Å²) in [5.41, 5.74) is 6.96. The van der Waals surface area contributed by atoms with Crippen LogP contribution in [-0.2, 0) is 11.2 Å². The van der Waals surface area contributed by atoms with Crippen LogP contribution in [-0.4, -0.2) is 27.9 Å². The summed E-state index contributed by atoms with van der Waals surface area (Å²) >= 11 is 0. The molecule has 1 amide bonds. The zero-order valence-corrected chi connectivity index (χ0v) is 16.5. The van der Waals surface area contributed by atoms with Crippen LogP contribution in [0.4, 0.5) is 5.69 Å². The van der Waals surface area contributed by atoms with Crippen molar-refractivity contribution >= 4 is 22.6 Å². The minimum absolute atomic E-state index is 0.146. The lowest BCUT2D eigenvalue weighted by molar-refractivity contribution is -0.113. The molecule has 0 saturated carbocycles. The number of aromatic nitrogens is 3. The van der Waals surface area contributed by atoms with Crippen molar-refractivity contribution in [3.8, 4) is 22.3 Å². The second-order valence-electron chi connectivity index (χ2n) is 6.91. The monoisotopic (exact) mass is 382 g/mol. The van der Waals surface area contributed by atoms with Crippen molar-refractivity contribution in [2.75, 3.05) is 11.9 Å². The molecule has 0 fully saturated rings. The summed E-state index contributed by atoms with van der Waals surface area (Å²) in [4.78, 5) is 25.7. The molecule has 4 aromatic rings. The van der Waals surface area contributed by atoms with Crippen LogP contribution in [0.15, 0.2) is 73.8 Å². The first kappa shape index (κ1) is 18.6. The van der Waals surface area contributed by atoms with Crippen LogP contribution in [0.2, 0.25) is 0 Å². The maximum atomic E-state index is 11.9. The highest BCUT2D eigenvalue weighted by molar-refractivity contribution is 6.01. The van der Waals surface area contributed by atoms with Gasteiger partial charge in [0.1, 0.15) is 5.65 Å². The summed E-state index contributed by atoms with van der Waals surface area (Å²) < 4.78 is 0. The van der Waals surface area contributed by atoms with Gasteiger partial charge in [0.05, 0.1) is 0 Å². The molecule has 4 rings (SSSR count). The number of nitrogens with zero attached hydrogens (tertiary/aromatic N) is 3. The van der Waals surface area contributed by atoms with E-state index in [1.807, 2.05) is 49.1 Å². The topological polar surface area (TPSA) is 61.9 Å². The number of likely N-dealkylation sites (N-methyl/N-ethyl adjacent to an activating group) is 1. The molecule has 0 unspecified atom stereocenters. The molecule has 0 aliphatic heterocycles. The lowest BCUT2D eigenvalue weighted by Gasteiger charge is -2.16. The molecule has 144 valence electrons. The molecule has 29 heavy (non-hydrogen) atoms. The molecular weight excluding hydrogens is 360 g/mol. The number of pyridine rings is 2. The van der Waals surface area contributed by atoms with Gasteiger partial charge in [0.25, 0.3) is 0 Å². The Morgan fingerprint density at radius 1 is 1.14 bits per heavy atom. The number of hydrogen-bond donors (Lipinski definition) is 1. The van der Waals surface area contributed by atoms with Crippen molar-refractivity contribution in [3.05, 3.63) is 79.4 Å². The second-order valence-corrected chi connectivity index (χ2v) is 6.91. The Kier molecular flexibility index (Phi) is 4.96.